The second kappa shape index (κ2) is 9.90. The van der Waals surface area contributed by atoms with Crippen LogP contribution in [0, 0.1) is 11.3 Å². The molecule has 0 bridgehead atoms. The van der Waals surface area contributed by atoms with Gasteiger partial charge in [0.25, 0.3) is 0 Å². The Morgan fingerprint density at radius 3 is 2.57 bits per heavy atom. The van der Waals surface area contributed by atoms with Crippen molar-refractivity contribution < 1.29 is 9.53 Å². The van der Waals surface area contributed by atoms with Crippen molar-refractivity contribution in [3.63, 3.8) is 0 Å². The van der Waals surface area contributed by atoms with Crippen LogP contribution in [0.5, 0.6) is 0 Å². The van der Waals surface area contributed by atoms with Gasteiger partial charge in [-0.1, -0.05) is 43.9 Å². The van der Waals surface area contributed by atoms with Crippen LogP contribution >= 0.6 is 0 Å². The Morgan fingerprint density at radius 2 is 1.89 bits per heavy atom. The number of nitrogens with zero attached hydrogens (tertiary/aromatic N) is 3. The Balaban J connectivity index is 1.58. The maximum Gasteiger partial charge on any atom is 0.235 e. The molecule has 1 heterocycles. The molecule has 152 valence electrons. The molecule has 6 heteroatoms. The molecular formula is C22H32N4O2. The smallest absolute Gasteiger partial charge is 0.235 e. The predicted molar refractivity (Wildman–Crippen MR) is 110 cm³/mol. The molecule has 1 N–H and O–H groups in total. The molecule has 28 heavy (non-hydrogen) atoms. The molecular weight excluding hydrogens is 352 g/mol. The van der Waals surface area contributed by atoms with Gasteiger partial charge >= 0.3 is 0 Å². The molecule has 2 aliphatic rings. The van der Waals surface area contributed by atoms with E-state index in [9.17, 15) is 10.1 Å². The van der Waals surface area contributed by atoms with E-state index in [0.717, 1.165) is 64.8 Å². The van der Waals surface area contributed by atoms with Crippen LogP contribution < -0.4 is 10.2 Å². The molecule has 1 aromatic rings. The molecule has 0 atom stereocenters. The summed E-state index contributed by atoms with van der Waals surface area (Å²) in [6.45, 7) is 4.28. The van der Waals surface area contributed by atoms with Gasteiger partial charge in [0.05, 0.1) is 25.8 Å². The summed E-state index contributed by atoms with van der Waals surface area (Å²) >= 11 is 0. The SMILES string of the molecule is CN(CC(=O)NC1(C#N)CCCCCC1)Cc1ccccc1N1CCOCC1. The average Bonchev–Trinajstić information content (AvgIpc) is 2.95. The zero-order valence-corrected chi connectivity index (χ0v) is 17.0. The number of hydrogen-bond acceptors (Lipinski definition) is 5. The summed E-state index contributed by atoms with van der Waals surface area (Å²) < 4.78 is 5.46. The number of hydrogen-bond donors (Lipinski definition) is 1. The van der Waals surface area contributed by atoms with Gasteiger partial charge < -0.3 is 15.0 Å². The van der Waals surface area contributed by atoms with Crippen LogP contribution in [0.3, 0.4) is 0 Å². The molecule has 1 aliphatic heterocycles. The molecule has 1 saturated carbocycles. The summed E-state index contributed by atoms with van der Waals surface area (Å²) in [6, 6.07) is 10.8. The summed E-state index contributed by atoms with van der Waals surface area (Å²) in [4.78, 5) is 17.0. The lowest BCUT2D eigenvalue weighted by atomic mass is 9.92. The van der Waals surface area contributed by atoms with E-state index in [1.54, 1.807) is 0 Å². The molecule has 3 rings (SSSR count). The van der Waals surface area contributed by atoms with Crippen molar-refractivity contribution in [2.75, 3.05) is 44.8 Å². The van der Waals surface area contributed by atoms with E-state index >= 15 is 0 Å². The number of nitriles is 1. The van der Waals surface area contributed by atoms with Crippen LogP contribution in [-0.4, -0.2) is 56.2 Å². The van der Waals surface area contributed by atoms with Crippen LogP contribution in [0.15, 0.2) is 24.3 Å². The van der Waals surface area contributed by atoms with E-state index < -0.39 is 5.54 Å². The topological polar surface area (TPSA) is 68.6 Å². The molecule has 1 aromatic carbocycles. The minimum Gasteiger partial charge on any atom is -0.378 e. The van der Waals surface area contributed by atoms with Gasteiger partial charge in [-0.25, -0.2) is 0 Å². The number of rotatable bonds is 6. The van der Waals surface area contributed by atoms with Gasteiger partial charge in [-0.05, 0) is 31.5 Å². The van der Waals surface area contributed by atoms with Crippen LogP contribution in [0.1, 0.15) is 44.1 Å². The fraction of sp³-hybridized carbons (Fsp3) is 0.636. The quantitative estimate of drug-likeness (QED) is 0.764. The van der Waals surface area contributed by atoms with Crippen LogP contribution in [-0.2, 0) is 16.1 Å². The largest absolute Gasteiger partial charge is 0.378 e. The summed E-state index contributed by atoms with van der Waals surface area (Å²) in [5, 5.41) is 12.7. The van der Waals surface area contributed by atoms with Gasteiger partial charge in [0.1, 0.15) is 5.54 Å². The first-order valence-electron chi connectivity index (χ1n) is 10.4. The first kappa shape index (κ1) is 20.6. The number of nitrogens with one attached hydrogen (secondary N) is 1. The zero-order valence-electron chi connectivity index (χ0n) is 17.0. The van der Waals surface area contributed by atoms with E-state index in [0.29, 0.717) is 13.1 Å². The highest BCUT2D eigenvalue weighted by atomic mass is 16.5. The maximum atomic E-state index is 12.6. The van der Waals surface area contributed by atoms with Crippen LogP contribution in [0.25, 0.3) is 0 Å². The first-order valence-corrected chi connectivity index (χ1v) is 10.4. The molecule has 1 amide bonds. The van der Waals surface area contributed by atoms with E-state index in [4.69, 9.17) is 4.74 Å². The first-order chi connectivity index (χ1) is 13.6. The summed E-state index contributed by atoms with van der Waals surface area (Å²) in [5.74, 6) is -0.0604. The van der Waals surface area contributed by atoms with Crippen molar-refractivity contribution >= 4 is 11.6 Å². The fourth-order valence-corrected chi connectivity index (χ4v) is 4.25. The van der Waals surface area contributed by atoms with Crippen molar-refractivity contribution in [2.45, 2.75) is 50.6 Å². The lowest BCUT2D eigenvalue weighted by Crippen LogP contribution is -2.50. The minimum absolute atomic E-state index is 0.0604. The van der Waals surface area contributed by atoms with Crippen LogP contribution in [0.2, 0.25) is 0 Å². The number of para-hydroxylation sites is 1. The minimum atomic E-state index is -0.680. The van der Waals surface area contributed by atoms with Crippen LogP contribution in [0.4, 0.5) is 5.69 Å². The van der Waals surface area contributed by atoms with E-state index in [-0.39, 0.29) is 5.91 Å². The van der Waals surface area contributed by atoms with Gasteiger partial charge in [-0.2, -0.15) is 5.26 Å². The Labute approximate surface area is 168 Å². The molecule has 2 fully saturated rings. The van der Waals surface area contributed by atoms with Gasteiger partial charge in [0.15, 0.2) is 0 Å². The van der Waals surface area contributed by atoms with Crippen molar-refractivity contribution in [3.05, 3.63) is 29.8 Å². The second-order valence-electron chi connectivity index (χ2n) is 8.06. The number of morpholine rings is 1. The van der Waals surface area contributed by atoms with Gasteiger partial charge in [-0.3, -0.25) is 9.69 Å². The molecule has 0 spiro atoms. The highest BCUT2D eigenvalue weighted by Gasteiger charge is 2.32. The summed E-state index contributed by atoms with van der Waals surface area (Å²) in [7, 11) is 1.96. The van der Waals surface area contributed by atoms with Gasteiger partial charge in [0.2, 0.25) is 5.91 Å². The van der Waals surface area contributed by atoms with Crippen molar-refractivity contribution in [1.29, 1.82) is 5.26 Å². The van der Waals surface area contributed by atoms with Crippen molar-refractivity contribution in [2.24, 2.45) is 0 Å². The molecule has 0 radical (unpaired) electrons. The number of likely N-dealkylation sites (N-methyl/N-ethyl adjacent to an activating group) is 1. The van der Waals surface area contributed by atoms with E-state index in [1.807, 2.05) is 18.0 Å². The van der Waals surface area contributed by atoms with Crippen molar-refractivity contribution in [3.8, 4) is 6.07 Å². The Hall–Kier alpha value is -2.10. The zero-order chi connectivity index (χ0) is 19.8. The maximum absolute atomic E-state index is 12.6. The fourth-order valence-electron chi connectivity index (χ4n) is 4.25. The third-order valence-corrected chi connectivity index (χ3v) is 5.75. The molecule has 6 nitrogen and oxygen atoms in total. The summed E-state index contributed by atoms with van der Waals surface area (Å²) in [6.07, 6.45) is 5.85. The number of ether oxygens (including phenoxy) is 1. The monoisotopic (exact) mass is 384 g/mol. The van der Waals surface area contributed by atoms with Gasteiger partial charge in [-0.15, -0.1) is 0 Å². The predicted octanol–water partition coefficient (Wildman–Crippen LogP) is 2.69. The highest BCUT2D eigenvalue weighted by molar-refractivity contribution is 5.79. The Morgan fingerprint density at radius 1 is 1.21 bits per heavy atom. The number of carbonyl (C=O) groups excluding carboxylic acids is 1. The molecule has 0 unspecified atom stereocenters. The number of carbonyl (C=O) groups is 1. The number of anilines is 1. The van der Waals surface area contributed by atoms with E-state index in [2.05, 4.69) is 34.5 Å². The summed E-state index contributed by atoms with van der Waals surface area (Å²) in [5.41, 5.74) is 1.75. The third-order valence-electron chi connectivity index (χ3n) is 5.75. The Bertz CT molecular complexity index is 686. The Kier molecular flexibility index (Phi) is 7.30. The third kappa shape index (κ3) is 5.46. The van der Waals surface area contributed by atoms with Crippen molar-refractivity contribution in [1.82, 2.24) is 10.2 Å². The normalized spacial score (nSPS) is 19.7. The van der Waals surface area contributed by atoms with E-state index in [1.165, 1.54) is 11.3 Å². The molecule has 1 saturated heterocycles. The lowest BCUT2D eigenvalue weighted by Gasteiger charge is -2.31. The number of benzene rings is 1. The molecule has 1 aliphatic carbocycles. The second-order valence-corrected chi connectivity index (χ2v) is 8.06. The highest BCUT2D eigenvalue weighted by Crippen LogP contribution is 2.27. The average molecular weight is 385 g/mol. The molecule has 0 aromatic heterocycles. The lowest BCUT2D eigenvalue weighted by molar-refractivity contribution is -0.123. The standard InChI is InChI=1S/C22H32N4O2/c1-25(17-21(27)24-22(18-23)10-6-2-3-7-11-22)16-19-8-4-5-9-20(19)26-12-14-28-15-13-26/h4-5,8-9H,2-3,6-7,10-17H2,1H3,(H,24,27). The number of amides is 1. The van der Waals surface area contributed by atoms with Gasteiger partial charge in [0, 0.05) is 25.3 Å².